The van der Waals surface area contributed by atoms with Crippen molar-refractivity contribution in [3.05, 3.63) is 61.9 Å². The fourth-order valence-corrected chi connectivity index (χ4v) is 3.00. The Labute approximate surface area is 157 Å². The molecule has 0 aliphatic carbocycles. The number of hydrogen-bond donors (Lipinski definition) is 3. The summed E-state index contributed by atoms with van der Waals surface area (Å²) in [5.41, 5.74) is 0.106. The molecule has 0 radical (unpaired) electrons. The highest BCUT2D eigenvalue weighted by atomic mass is 35.5. The number of amides is 1. The van der Waals surface area contributed by atoms with Gasteiger partial charge in [-0.3, -0.25) is 4.79 Å². The predicted octanol–water partition coefficient (Wildman–Crippen LogP) is 4.00. The number of rotatable bonds is 3. The Morgan fingerprint density at radius 3 is 2.65 bits per heavy atom. The van der Waals surface area contributed by atoms with Gasteiger partial charge in [-0.2, -0.15) is 0 Å². The third-order valence-electron chi connectivity index (χ3n) is 3.88. The summed E-state index contributed by atoms with van der Waals surface area (Å²) in [6.07, 6.45) is -0.284. The van der Waals surface area contributed by atoms with E-state index in [0.29, 0.717) is 21.3 Å². The van der Waals surface area contributed by atoms with Crippen LogP contribution in [0, 0.1) is 6.92 Å². The van der Waals surface area contributed by atoms with E-state index in [1.165, 1.54) is 12.1 Å². The molecule has 6 nitrogen and oxygen atoms in total. The van der Waals surface area contributed by atoms with E-state index in [2.05, 4.69) is 5.32 Å². The maximum atomic E-state index is 12.3. The van der Waals surface area contributed by atoms with Crippen molar-refractivity contribution in [3.63, 3.8) is 0 Å². The molecular formula is C18H13Cl2NO5. The molecule has 0 aliphatic heterocycles. The maximum Gasteiger partial charge on any atom is 0.340 e. The molecular weight excluding hydrogens is 381 g/mol. The molecule has 26 heavy (non-hydrogen) atoms. The summed E-state index contributed by atoms with van der Waals surface area (Å²) in [6, 6.07) is 6.97. The molecule has 1 heterocycles. The monoisotopic (exact) mass is 393 g/mol. The van der Waals surface area contributed by atoms with Crippen LogP contribution in [-0.2, 0) is 11.2 Å². The molecule has 134 valence electrons. The minimum absolute atomic E-state index is 0.0343. The molecule has 8 heteroatoms. The van der Waals surface area contributed by atoms with Crippen molar-refractivity contribution >= 4 is 45.8 Å². The van der Waals surface area contributed by atoms with Crippen LogP contribution >= 0.6 is 23.2 Å². The second-order valence-electron chi connectivity index (χ2n) is 5.68. The lowest BCUT2D eigenvalue weighted by Crippen LogP contribution is -2.20. The first-order valence-corrected chi connectivity index (χ1v) is 8.25. The van der Waals surface area contributed by atoms with E-state index in [1.54, 1.807) is 19.1 Å². The van der Waals surface area contributed by atoms with Crippen molar-refractivity contribution in [2.45, 2.75) is 13.3 Å². The zero-order chi connectivity index (χ0) is 19.0. The highest BCUT2D eigenvalue weighted by Crippen LogP contribution is 2.32. The van der Waals surface area contributed by atoms with Crippen molar-refractivity contribution < 1.29 is 19.4 Å². The van der Waals surface area contributed by atoms with Gasteiger partial charge in [0.2, 0.25) is 5.91 Å². The lowest BCUT2D eigenvalue weighted by Gasteiger charge is -2.11. The standard InChI is InChI=1S/C18H13Cl2NO5/c1-8-11(7-16(24)21-13-4-9(19)2-3-12(13)20)18(25)26-15-6-10(22)5-14(23)17(8)15/h2-6,22-23H,7H2,1H3,(H,21,24). The van der Waals surface area contributed by atoms with Gasteiger partial charge in [0.15, 0.2) is 0 Å². The van der Waals surface area contributed by atoms with Gasteiger partial charge >= 0.3 is 5.63 Å². The Balaban J connectivity index is 1.97. The topological polar surface area (TPSA) is 99.8 Å². The highest BCUT2D eigenvalue weighted by molar-refractivity contribution is 6.35. The number of halogens is 2. The van der Waals surface area contributed by atoms with Gasteiger partial charge < -0.3 is 19.9 Å². The average molecular weight is 394 g/mol. The molecule has 0 atom stereocenters. The summed E-state index contributed by atoms with van der Waals surface area (Å²) >= 11 is 11.9. The molecule has 0 saturated heterocycles. The van der Waals surface area contributed by atoms with Crippen LogP contribution in [0.2, 0.25) is 10.0 Å². The Kier molecular flexibility index (Phi) is 4.80. The van der Waals surface area contributed by atoms with Crippen molar-refractivity contribution in [2.75, 3.05) is 5.32 Å². The van der Waals surface area contributed by atoms with Crippen LogP contribution < -0.4 is 10.9 Å². The fourth-order valence-electron chi connectivity index (χ4n) is 2.66. The number of aryl methyl sites for hydroxylation is 1. The normalized spacial score (nSPS) is 10.9. The Morgan fingerprint density at radius 1 is 1.19 bits per heavy atom. The number of fused-ring (bicyclic) bond motifs is 1. The third kappa shape index (κ3) is 3.47. The van der Waals surface area contributed by atoms with E-state index in [9.17, 15) is 19.8 Å². The molecule has 0 fully saturated rings. The van der Waals surface area contributed by atoms with Gasteiger partial charge in [0, 0.05) is 17.2 Å². The van der Waals surface area contributed by atoms with Gasteiger partial charge in [-0.05, 0) is 30.7 Å². The number of benzene rings is 2. The zero-order valence-electron chi connectivity index (χ0n) is 13.5. The van der Waals surface area contributed by atoms with Crippen LogP contribution in [0.3, 0.4) is 0 Å². The van der Waals surface area contributed by atoms with Gasteiger partial charge in [-0.25, -0.2) is 4.79 Å². The molecule has 3 rings (SSSR count). The minimum atomic E-state index is -0.729. The Bertz CT molecular complexity index is 1090. The molecule has 0 aliphatic rings. The van der Waals surface area contributed by atoms with Crippen LogP contribution in [0.5, 0.6) is 11.5 Å². The maximum absolute atomic E-state index is 12.3. The number of anilines is 1. The van der Waals surface area contributed by atoms with Gasteiger partial charge in [0.05, 0.1) is 28.1 Å². The molecule has 0 spiro atoms. The van der Waals surface area contributed by atoms with Crippen molar-refractivity contribution in [1.29, 1.82) is 0 Å². The van der Waals surface area contributed by atoms with Gasteiger partial charge in [-0.1, -0.05) is 23.2 Å². The van der Waals surface area contributed by atoms with Crippen LogP contribution in [-0.4, -0.2) is 16.1 Å². The summed E-state index contributed by atoms with van der Waals surface area (Å²) in [4.78, 5) is 24.6. The smallest absolute Gasteiger partial charge is 0.340 e. The molecule has 2 aromatic carbocycles. The van der Waals surface area contributed by atoms with E-state index in [0.717, 1.165) is 6.07 Å². The van der Waals surface area contributed by atoms with E-state index in [4.69, 9.17) is 27.6 Å². The molecule has 0 saturated carbocycles. The first kappa shape index (κ1) is 18.1. The van der Waals surface area contributed by atoms with E-state index in [1.807, 2.05) is 0 Å². The van der Waals surface area contributed by atoms with E-state index in [-0.39, 0.29) is 34.5 Å². The van der Waals surface area contributed by atoms with Gasteiger partial charge in [0.1, 0.15) is 17.1 Å². The predicted molar refractivity (Wildman–Crippen MR) is 99.3 cm³/mol. The van der Waals surface area contributed by atoms with Gasteiger partial charge in [0.25, 0.3) is 0 Å². The quantitative estimate of drug-likeness (QED) is 0.583. The largest absolute Gasteiger partial charge is 0.508 e. The molecule has 1 amide bonds. The minimum Gasteiger partial charge on any atom is -0.508 e. The lowest BCUT2D eigenvalue weighted by molar-refractivity contribution is -0.115. The molecule has 0 unspecified atom stereocenters. The van der Waals surface area contributed by atoms with Crippen molar-refractivity contribution in [2.24, 2.45) is 0 Å². The van der Waals surface area contributed by atoms with Crippen LogP contribution in [0.1, 0.15) is 11.1 Å². The third-order valence-corrected chi connectivity index (χ3v) is 4.45. The average Bonchev–Trinajstić information content (AvgIpc) is 2.54. The number of hydrogen-bond acceptors (Lipinski definition) is 5. The number of carbonyl (C=O) groups is 1. The number of phenolic OH excluding ortho intramolecular Hbond substituents is 2. The molecule has 1 aromatic heterocycles. The van der Waals surface area contributed by atoms with Crippen LogP contribution in [0.25, 0.3) is 11.0 Å². The van der Waals surface area contributed by atoms with E-state index >= 15 is 0 Å². The van der Waals surface area contributed by atoms with Crippen LogP contribution in [0.4, 0.5) is 5.69 Å². The summed E-state index contributed by atoms with van der Waals surface area (Å²) in [7, 11) is 0. The second kappa shape index (κ2) is 6.90. The Hall–Kier alpha value is -2.70. The number of phenols is 2. The summed E-state index contributed by atoms with van der Waals surface area (Å²) in [5.74, 6) is -0.985. The fraction of sp³-hybridized carbons (Fsp3) is 0.111. The van der Waals surface area contributed by atoms with Crippen molar-refractivity contribution in [3.8, 4) is 11.5 Å². The second-order valence-corrected chi connectivity index (χ2v) is 6.52. The first-order valence-electron chi connectivity index (χ1n) is 7.49. The number of aromatic hydroxyl groups is 2. The zero-order valence-corrected chi connectivity index (χ0v) is 15.0. The van der Waals surface area contributed by atoms with Crippen molar-refractivity contribution in [1.82, 2.24) is 0 Å². The summed E-state index contributed by atoms with van der Waals surface area (Å²) in [6.45, 7) is 1.59. The molecule has 0 bridgehead atoms. The molecule has 3 N–H and O–H groups in total. The number of nitrogens with one attached hydrogen (secondary N) is 1. The van der Waals surface area contributed by atoms with E-state index < -0.39 is 11.5 Å². The van der Waals surface area contributed by atoms with Gasteiger partial charge in [-0.15, -0.1) is 0 Å². The van der Waals surface area contributed by atoms with Crippen LogP contribution in [0.15, 0.2) is 39.5 Å². The Morgan fingerprint density at radius 2 is 1.92 bits per heavy atom. The summed E-state index contributed by atoms with van der Waals surface area (Å²) < 4.78 is 5.13. The molecule has 3 aromatic rings. The SMILES string of the molecule is Cc1c(CC(=O)Nc2cc(Cl)ccc2Cl)c(=O)oc2cc(O)cc(O)c12. The lowest BCUT2D eigenvalue weighted by atomic mass is 10.0. The highest BCUT2D eigenvalue weighted by Gasteiger charge is 2.18. The summed E-state index contributed by atoms with van der Waals surface area (Å²) in [5, 5.41) is 23.1. The first-order chi connectivity index (χ1) is 12.3. The number of carbonyl (C=O) groups excluding carboxylic acids is 1.